The molecule has 0 saturated heterocycles. The van der Waals surface area contributed by atoms with Crippen molar-refractivity contribution in [2.75, 3.05) is 11.2 Å². The van der Waals surface area contributed by atoms with Crippen LogP contribution in [0.2, 0.25) is 5.02 Å². The number of carbonyl (C=O) groups excluding carboxylic acids is 1. The molecule has 0 atom stereocenters. The number of amides is 1. The molecule has 0 saturated carbocycles. The van der Waals surface area contributed by atoms with E-state index in [0.717, 1.165) is 0 Å². The van der Waals surface area contributed by atoms with Crippen LogP contribution in [0.3, 0.4) is 0 Å². The van der Waals surface area contributed by atoms with Crippen molar-refractivity contribution in [2.45, 2.75) is 0 Å². The quantitative estimate of drug-likeness (QED) is 0.765. The first-order valence-corrected chi connectivity index (χ1v) is 4.36. The number of hydrogen-bond acceptors (Lipinski definition) is 1. The number of hydrogen-bond donors (Lipinski definition) is 1. The lowest BCUT2D eigenvalue weighted by atomic mass is 10.3. The minimum absolute atomic E-state index is 0.0348. The molecular weight excluding hydrogens is 216 g/mol. The number of nitrogens with one attached hydrogen (secondary N) is 1. The summed E-state index contributed by atoms with van der Waals surface area (Å²) in [4.78, 5) is 10.8. The minimum atomic E-state index is -0.650. The van der Waals surface area contributed by atoms with Crippen LogP contribution in [0.5, 0.6) is 0 Å². The van der Waals surface area contributed by atoms with Crippen LogP contribution < -0.4 is 5.32 Å². The minimum Gasteiger partial charge on any atom is -0.323 e. The lowest BCUT2D eigenvalue weighted by Crippen LogP contribution is -2.13. The highest BCUT2D eigenvalue weighted by molar-refractivity contribution is 6.31. The normalized spacial score (nSPS) is 9.77. The van der Waals surface area contributed by atoms with Gasteiger partial charge in [-0.25, -0.2) is 4.39 Å². The molecule has 0 aliphatic rings. The summed E-state index contributed by atoms with van der Waals surface area (Å²) in [6, 6.07) is 4.34. The zero-order valence-corrected chi connectivity index (χ0v) is 7.99. The van der Waals surface area contributed by atoms with Gasteiger partial charge in [0, 0.05) is 0 Å². The summed E-state index contributed by atoms with van der Waals surface area (Å²) in [5.41, 5.74) is 0.0400. The Morgan fingerprint density at radius 3 is 2.85 bits per heavy atom. The molecule has 0 unspecified atom stereocenters. The Kier molecular flexibility index (Phi) is 3.51. The highest BCUT2D eigenvalue weighted by atomic mass is 35.5. The first kappa shape index (κ1) is 10.3. The Morgan fingerprint density at radius 2 is 2.23 bits per heavy atom. The Bertz CT molecular complexity index is 330. The van der Waals surface area contributed by atoms with Gasteiger partial charge in [0.1, 0.15) is 5.88 Å². The molecule has 0 aliphatic carbocycles. The second kappa shape index (κ2) is 4.44. The van der Waals surface area contributed by atoms with E-state index < -0.39 is 11.7 Å². The van der Waals surface area contributed by atoms with E-state index in [1.54, 1.807) is 0 Å². The Balaban J connectivity index is 2.89. The first-order valence-electron chi connectivity index (χ1n) is 3.45. The van der Waals surface area contributed by atoms with E-state index in [1.165, 1.54) is 18.2 Å². The van der Waals surface area contributed by atoms with Crippen molar-refractivity contribution in [1.29, 1.82) is 0 Å². The summed E-state index contributed by atoms with van der Waals surface area (Å²) in [5, 5.41) is 2.24. The van der Waals surface area contributed by atoms with Gasteiger partial charge in [0.2, 0.25) is 5.91 Å². The van der Waals surface area contributed by atoms with Gasteiger partial charge in [-0.3, -0.25) is 4.79 Å². The number of rotatable bonds is 2. The molecule has 1 amide bonds. The summed E-state index contributed by atoms with van der Waals surface area (Å²) in [6.45, 7) is 0. The maximum atomic E-state index is 13.1. The van der Waals surface area contributed by atoms with E-state index >= 15 is 0 Å². The molecule has 0 bridgehead atoms. The molecule has 1 aromatic rings. The van der Waals surface area contributed by atoms with Gasteiger partial charge < -0.3 is 5.32 Å². The van der Waals surface area contributed by atoms with Crippen molar-refractivity contribution < 1.29 is 9.18 Å². The number of benzene rings is 1. The number of halogens is 3. The van der Waals surface area contributed by atoms with Crippen molar-refractivity contribution in [3.8, 4) is 0 Å². The molecule has 1 rings (SSSR count). The third kappa shape index (κ3) is 2.57. The average Bonchev–Trinajstić information content (AvgIpc) is 2.13. The van der Waals surface area contributed by atoms with E-state index in [0.29, 0.717) is 0 Å². The fourth-order valence-electron chi connectivity index (χ4n) is 0.784. The molecule has 0 aliphatic heterocycles. The Hall–Kier alpha value is -0.800. The van der Waals surface area contributed by atoms with Crippen LogP contribution in [0.15, 0.2) is 18.2 Å². The van der Waals surface area contributed by atoms with Crippen LogP contribution in [0.4, 0.5) is 10.1 Å². The maximum absolute atomic E-state index is 13.1. The van der Waals surface area contributed by atoms with Gasteiger partial charge >= 0.3 is 0 Å². The maximum Gasteiger partial charge on any atom is 0.239 e. The standard InChI is InChI=1S/C8H6Cl2FNO/c9-4-7(13)12-6-3-1-2-5(10)8(6)11/h1-3H,4H2,(H,12,13). The average molecular weight is 222 g/mol. The second-order valence-electron chi connectivity index (χ2n) is 2.28. The molecule has 0 aromatic heterocycles. The van der Waals surface area contributed by atoms with Gasteiger partial charge in [-0.15, -0.1) is 11.6 Å². The monoisotopic (exact) mass is 221 g/mol. The predicted molar refractivity (Wildman–Crippen MR) is 50.8 cm³/mol. The van der Waals surface area contributed by atoms with E-state index in [2.05, 4.69) is 5.32 Å². The molecule has 1 aromatic carbocycles. The Morgan fingerprint density at radius 1 is 1.54 bits per heavy atom. The smallest absolute Gasteiger partial charge is 0.239 e. The SMILES string of the molecule is O=C(CCl)Nc1cccc(Cl)c1F. The molecule has 0 fully saturated rings. The molecular formula is C8H6Cl2FNO. The fourth-order valence-corrected chi connectivity index (χ4v) is 1.03. The molecule has 5 heteroatoms. The van der Waals surface area contributed by atoms with Crippen LogP contribution in [-0.4, -0.2) is 11.8 Å². The lowest BCUT2D eigenvalue weighted by molar-refractivity contribution is -0.113. The van der Waals surface area contributed by atoms with Crippen LogP contribution in [-0.2, 0) is 4.79 Å². The van der Waals surface area contributed by atoms with Gasteiger partial charge in [0.05, 0.1) is 10.7 Å². The van der Waals surface area contributed by atoms with E-state index in [4.69, 9.17) is 23.2 Å². The van der Waals surface area contributed by atoms with Gasteiger partial charge in [-0.05, 0) is 12.1 Å². The summed E-state index contributed by atoms with van der Waals surface area (Å²) in [6.07, 6.45) is 0. The van der Waals surface area contributed by atoms with Crippen LogP contribution >= 0.6 is 23.2 Å². The zero-order chi connectivity index (χ0) is 9.84. The molecule has 13 heavy (non-hydrogen) atoms. The highest BCUT2D eigenvalue weighted by Gasteiger charge is 2.07. The van der Waals surface area contributed by atoms with Gasteiger partial charge in [0.25, 0.3) is 0 Å². The lowest BCUT2D eigenvalue weighted by Gasteiger charge is -2.04. The molecule has 0 heterocycles. The topological polar surface area (TPSA) is 29.1 Å². The molecule has 70 valence electrons. The fraction of sp³-hybridized carbons (Fsp3) is 0.125. The molecule has 0 spiro atoms. The molecule has 2 nitrogen and oxygen atoms in total. The van der Waals surface area contributed by atoms with Crippen LogP contribution in [0.1, 0.15) is 0 Å². The van der Waals surface area contributed by atoms with E-state index in [9.17, 15) is 9.18 Å². The van der Waals surface area contributed by atoms with Crippen molar-refractivity contribution in [3.63, 3.8) is 0 Å². The van der Waals surface area contributed by atoms with Gasteiger partial charge in [-0.2, -0.15) is 0 Å². The predicted octanol–water partition coefficient (Wildman–Crippen LogP) is 2.66. The van der Waals surface area contributed by atoms with Crippen molar-refractivity contribution >= 4 is 34.8 Å². The first-order chi connectivity index (χ1) is 6.15. The number of alkyl halides is 1. The van der Waals surface area contributed by atoms with Crippen LogP contribution in [0, 0.1) is 5.82 Å². The largest absolute Gasteiger partial charge is 0.323 e. The zero-order valence-electron chi connectivity index (χ0n) is 6.48. The van der Waals surface area contributed by atoms with Crippen LogP contribution in [0.25, 0.3) is 0 Å². The number of anilines is 1. The summed E-state index contributed by atoms with van der Waals surface area (Å²) in [7, 11) is 0. The van der Waals surface area contributed by atoms with Crippen molar-refractivity contribution in [3.05, 3.63) is 29.0 Å². The highest BCUT2D eigenvalue weighted by Crippen LogP contribution is 2.21. The number of carbonyl (C=O) groups is 1. The molecule has 0 radical (unpaired) electrons. The summed E-state index contributed by atoms with van der Waals surface area (Å²) < 4.78 is 13.1. The third-order valence-corrected chi connectivity index (χ3v) is 1.88. The third-order valence-electron chi connectivity index (χ3n) is 1.35. The van der Waals surface area contributed by atoms with Gasteiger partial charge in [0.15, 0.2) is 5.82 Å². The van der Waals surface area contributed by atoms with E-state index in [1.807, 2.05) is 0 Å². The second-order valence-corrected chi connectivity index (χ2v) is 2.96. The molecule has 1 N–H and O–H groups in total. The van der Waals surface area contributed by atoms with Crippen molar-refractivity contribution in [2.24, 2.45) is 0 Å². The Labute approximate surface area is 84.6 Å². The summed E-state index contributed by atoms with van der Waals surface area (Å²) >= 11 is 10.7. The van der Waals surface area contributed by atoms with Crippen molar-refractivity contribution in [1.82, 2.24) is 0 Å². The van der Waals surface area contributed by atoms with Gasteiger partial charge in [-0.1, -0.05) is 17.7 Å². The summed E-state index contributed by atoms with van der Waals surface area (Å²) in [5.74, 6) is -1.34. The van der Waals surface area contributed by atoms with E-state index in [-0.39, 0.29) is 16.6 Å².